The Kier molecular flexibility index (Phi) is 10.1. The standard InChI is InChI=1S/C21H39NO3/c1-5-18(11-7-10-17(4)9-6-8-16(2)3)14-15-22-19(21(24)25)12-13-20(22)23/h16-19H,5-15H2,1-4H3,(H,24,25). The van der Waals surface area contributed by atoms with Crippen LogP contribution in [0.5, 0.6) is 0 Å². The summed E-state index contributed by atoms with van der Waals surface area (Å²) in [6.45, 7) is 9.75. The van der Waals surface area contributed by atoms with Crippen molar-refractivity contribution in [2.75, 3.05) is 6.54 Å². The number of nitrogens with zero attached hydrogens (tertiary/aromatic N) is 1. The second-order valence-corrected chi connectivity index (χ2v) is 8.40. The summed E-state index contributed by atoms with van der Waals surface area (Å²) in [7, 11) is 0. The molecule has 25 heavy (non-hydrogen) atoms. The molecule has 1 aliphatic rings. The summed E-state index contributed by atoms with van der Waals surface area (Å²) in [6.07, 6.45) is 10.6. The highest BCUT2D eigenvalue weighted by Gasteiger charge is 2.35. The molecule has 0 aliphatic carbocycles. The van der Waals surface area contributed by atoms with Gasteiger partial charge in [0.1, 0.15) is 6.04 Å². The van der Waals surface area contributed by atoms with E-state index in [1.807, 2.05) is 0 Å². The first kappa shape index (κ1) is 22.0. The van der Waals surface area contributed by atoms with E-state index in [-0.39, 0.29) is 5.91 Å². The summed E-state index contributed by atoms with van der Waals surface area (Å²) in [6, 6.07) is -0.592. The van der Waals surface area contributed by atoms with E-state index in [1.54, 1.807) is 4.90 Å². The first-order valence-corrected chi connectivity index (χ1v) is 10.4. The zero-order valence-corrected chi connectivity index (χ0v) is 16.8. The molecule has 1 aliphatic heterocycles. The lowest BCUT2D eigenvalue weighted by atomic mass is 9.90. The number of carbonyl (C=O) groups excluding carboxylic acids is 1. The van der Waals surface area contributed by atoms with Gasteiger partial charge >= 0.3 is 5.97 Å². The zero-order valence-electron chi connectivity index (χ0n) is 16.8. The number of hydrogen-bond acceptors (Lipinski definition) is 2. The number of likely N-dealkylation sites (tertiary alicyclic amines) is 1. The molecule has 1 N–H and O–H groups in total. The Bertz CT molecular complexity index is 408. The lowest BCUT2D eigenvalue weighted by Crippen LogP contribution is -2.39. The molecule has 1 saturated heterocycles. The molecule has 0 bridgehead atoms. The van der Waals surface area contributed by atoms with Crippen LogP contribution in [0, 0.1) is 17.8 Å². The van der Waals surface area contributed by atoms with E-state index in [0.717, 1.165) is 24.7 Å². The number of amides is 1. The van der Waals surface area contributed by atoms with E-state index < -0.39 is 12.0 Å². The maximum absolute atomic E-state index is 11.9. The maximum Gasteiger partial charge on any atom is 0.326 e. The minimum atomic E-state index is -0.853. The van der Waals surface area contributed by atoms with Gasteiger partial charge in [-0.1, -0.05) is 72.6 Å². The monoisotopic (exact) mass is 353 g/mol. The molecule has 3 unspecified atom stereocenters. The van der Waals surface area contributed by atoms with Gasteiger partial charge in [0, 0.05) is 13.0 Å². The van der Waals surface area contributed by atoms with Crippen molar-refractivity contribution in [3.63, 3.8) is 0 Å². The van der Waals surface area contributed by atoms with E-state index in [9.17, 15) is 14.7 Å². The minimum absolute atomic E-state index is 0.0148. The number of carbonyl (C=O) groups is 2. The van der Waals surface area contributed by atoms with Gasteiger partial charge in [-0.05, 0) is 30.6 Å². The Labute approximate surface area is 154 Å². The fraction of sp³-hybridized carbons (Fsp3) is 0.905. The molecule has 4 nitrogen and oxygen atoms in total. The lowest BCUT2D eigenvalue weighted by molar-refractivity contribution is -0.146. The van der Waals surface area contributed by atoms with Crippen LogP contribution < -0.4 is 0 Å². The third kappa shape index (κ3) is 8.24. The second kappa shape index (κ2) is 11.5. The Balaban J connectivity index is 2.25. The largest absolute Gasteiger partial charge is 0.480 e. The molecule has 0 spiro atoms. The predicted octanol–water partition coefficient (Wildman–Crippen LogP) is 5.11. The molecule has 0 saturated carbocycles. The average molecular weight is 354 g/mol. The molecule has 0 aromatic rings. The number of rotatable bonds is 13. The van der Waals surface area contributed by atoms with Gasteiger partial charge in [0.25, 0.3) is 0 Å². The van der Waals surface area contributed by atoms with Crippen LogP contribution >= 0.6 is 0 Å². The van der Waals surface area contributed by atoms with Crippen molar-refractivity contribution in [3.8, 4) is 0 Å². The summed E-state index contributed by atoms with van der Waals surface area (Å²) in [4.78, 5) is 24.8. The van der Waals surface area contributed by atoms with E-state index in [4.69, 9.17) is 0 Å². The van der Waals surface area contributed by atoms with Crippen LogP contribution in [-0.2, 0) is 9.59 Å². The van der Waals surface area contributed by atoms with Crippen LogP contribution in [0.1, 0.15) is 91.9 Å². The number of aliphatic carboxylic acids is 1. The van der Waals surface area contributed by atoms with Crippen molar-refractivity contribution in [1.29, 1.82) is 0 Å². The molecule has 1 fully saturated rings. The van der Waals surface area contributed by atoms with Crippen LogP contribution in [-0.4, -0.2) is 34.5 Å². The fourth-order valence-electron chi connectivity index (χ4n) is 3.92. The minimum Gasteiger partial charge on any atom is -0.480 e. The normalized spacial score (nSPS) is 20.3. The highest BCUT2D eigenvalue weighted by molar-refractivity contribution is 5.87. The van der Waals surface area contributed by atoms with Gasteiger partial charge in [0.05, 0.1) is 0 Å². The summed E-state index contributed by atoms with van der Waals surface area (Å²) in [5.74, 6) is 1.37. The molecule has 0 aromatic heterocycles. The van der Waals surface area contributed by atoms with Crippen molar-refractivity contribution in [1.82, 2.24) is 4.90 Å². The summed E-state index contributed by atoms with van der Waals surface area (Å²) in [5.41, 5.74) is 0. The molecular weight excluding hydrogens is 314 g/mol. The van der Waals surface area contributed by atoms with Crippen LogP contribution in [0.3, 0.4) is 0 Å². The average Bonchev–Trinajstić information content (AvgIpc) is 2.91. The van der Waals surface area contributed by atoms with Crippen LogP contribution in [0.15, 0.2) is 0 Å². The number of hydrogen-bond donors (Lipinski definition) is 1. The first-order valence-electron chi connectivity index (χ1n) is 10.4. The van der Waals surface area contributed by atoms with Crippen LogP contribution in [0.25, 0.3) is 0 Å². The van der Waals surface area contributed by atoms with Crippen LogP contribution in [0.4, 0.5) is 0 Å². The summed E-state index contributed by atoms with van der Waals surface area (Å²) < 4.78 is 0. The van der Waals surface area contributed by atoms with Gasteiger partial charge in [0.15, 0.2) is 0 Å². The van der Waals surface area contributed by atoms with Crippen molar-refractivity contribution in [2.45, 2.75) is 97.9 Å². The Morgan fingerprint density at radius 1 is 1.12 bits per heavy atom. The van der Waals surface area contributed by atoms with E-state index in [1.165, 1.54) is 38.5 Å². The topological polar surface area (TPSA) is 57.6 Å². The third-order valence-electron chi connectivity index (χ3n) is 5.76. The van der Waals surface area contributed by atoms with Gasteiger partial charge in [-0.2, -0.15) is 0 Å². The Morgan fingerprint density at radius 2 is 1.76 bits per heavy atom. The summed E-state index contributed by atoms with van der Waals surface area (Å²) >= 11 is 0. The molecule has 146 valence electrons. The molecule has 0 aromatic carbocycles. The van der Waals surface area contributed by atoms with Gasteiger partial charge in [-0.3, -0.25) is 4.79 Å². The predicted molar refractivity (Wildman–Crippen MR) is 102 cm³/mol. The van der Waals surface area contributed by atoms with Gasteiger partial charge in [-0.25, -0.2) is 4.79 Å². The number of carboxylic acids is 1. The zero-order chi connectivity index (χ0) is 18.8. The van der Waals surface area contributed by atoms with Gasteiger partial charge < -0.3 is 10.0 Å². The summed E-state index contributed by atoms with van der Waals surface area (Å²) in [5, 5.41) is 9.24. The molecule has 1 amide bonds. The number of carboxylic acid groups (broad SMARTS) is 1. The quantitative estimate of drug-likeness (QED) is 0.500. The molecule has 3 atom stereocenters. The lowest BCUT2D eigenvalue weighted by Gasteiger charge is -2.24. The van der Waals surface area contributed by atoms with E-state index in [2.05, 4.69) is 27.7 Å². The first-order chi connectivity index (χ1) is 11.8. The van der Waals surface area contributed by atoms with Crippen molar-refractivity contribution in [3.05, 3.63) is 0 Å². The second-order valence-electron chi connectivity index (χ2n) is 8.40. The smallest absolute Gasteiger partial charge is 0.326 e. The fourth-order valence-corrected chi connectivity index (χ4v) is 3.92. The van der Waals surface area contributed by atoms with Gasteiger partial charge in [0.2, 0.25) is 5.91 Å². The molecule has 4 heteroatoms. The van der Waals surface area contributed by atoms with E-state index >= 15 is 0 Å². The SMILES string of the molecule is CCC(CCCC(C)CCCC(C)C)CCN1C(=O)CCC1C(=O)O. The van der Waals surface area contributed by atoms with Crippen molar-refractivity contribution >= 4 is 11.9 Å². The van der Waals surface area contributed by atoms with Crippen molar-refractivity contribution < 1.29 is 14.7 Å². The highest BCUT2D eigenvalue weighted by Crippen LogP contribution is 2.25. The highest BCUT2D eigenvalue weighted by atomic mass is 16.4. The molecular formula is C21H39NO3. The Morgan fingerprint density at radius 3 is 2.32 bits per heavy atom. The maximum atomic E-state index is 11.9. The Hall–Kier alpha value is -1.06. The van der Waals surface area contributed by atoms with Crippen LogP contribution in [0.2, 0.25) is 0 Å². The third-order valence-corrected chi connectivity index (χ3v) is 5.76. The van der Waals surface area contributed by atoms with Crippen molar-refractivity contribution in [2.24, 2.45) is 17.8 Å². The molecule has 0 radical (unpaired) electrons. The van der Waals surface area contributed by atoms with E-state index in [0.29, 0.717) is 25.3 Å². The van der Waals surface area contributed by atoms with Gasteiger partial charge in [-0.15, -0.1) is 0 Å². The molecule has 1 rings (SSSR count). The molecule has 1 heterocycles.